The number of thiophene rings is 1. The van der Waals surface area contributed by atoms with Gasteiger partial charge in [0, 0.05) is 16.7 Å². The molecule has 0 atom stereocenters. The normalized spacial score (nSPS) is 10.9. The van der Waals surface area contributed by atoms with E-state index in [1.807, 2.05) is 60.7 Å². The van der Waals surface area contributed by atoms with E-state index in [1.54, 1.807) is 18.3 Å². The molecule has 1 aromatic heterocycles. The van der Waals surface area contributed by atoms with Crippen LogP contribution >= 0.6 is 11.3 Å². The van der Waals surface area contributed by atoms with Gasteiger partial charge in [-0.15, -0.1) is 11.3 Å². The molecule has 4 aromatic rings. The van der Waals surface area contributed by atoms with Crippen LogP contribution in [0.1, 0.15) is 11.1 Å². The zero-order chi connectivity index (χ0) is 19.3. The van der Waals surface area contributed by atoms with Crippen molar-refractivity contribution in [3.05, 3.63) is 102 Å². The summed E-state index contributed by atoms with van der Waals surface area (Å²) in [5, 5.41) is 10.5. The molecule has 0 spiro atoms. The standard InChI is InChI=1S/C24H15FN2S/c25-20-13-11-17(12-14-20)16-27-24-21(15-26)22(18-7-3-1-4-8-18)23(28-24)19-9-5-2-6-10-19/h1-14,16H. The fraction of sp³-hybridized carbons (Fsp3) is 0. The average molecular weight is 382 g/mol. The van der Waals surface area contributed by atoms with E-state index in [0.29, 0.717) is 10.6 Å². The minimum atomic E-state index is -0.288. The molecule has 0 bridgehead atoms. The third-order valence-corrected chi connectivity index (χ3v) is 5.45. The average Bonchev–Trinajstić information content (AvgIpc) is 3.13. The molecule has 0 saturated heterocycles. The van der Waals surface area contributed by atoms with Crippen molar-refractivity contribution in [1.29, 1.82) is 5.26 Å². The molecule has 1 heterocycles. The second-order valence-corrected chi connectivity index (χ2v) is 7.14. The van der Waals surface area contributed by atoms with E-state index in [4.69, 9.17) is 0 Å². The molecule has 0 amide bonds. The van der Waals surface area contributed by atoms with Crippen molar-refractivity contribution in [3.8, 4) is 27.6 Å². The Kier molecular flexibility index (Phi) is 5.09. The Morgan fingerprint density at radius 3 is 2.04 bits per heavy atom. The minimum Gasteiger partial charge on any atom is -0.244 e. The zero-order valence-corrected chi connectivity index (χ0v) is 15.7. The summed E-state index contributed by atoms with van der Waals surface area (Å²) in [6, 6.07) is 28.3. The predicted octanol–water partition coefficient (Wildman–Crippen LogP) is 6.84. The predicted molar refractivity (Wildman–Crippen MR) is 114 cm³/mol. The first-order chi connectivity index (χ1) is 13.8. The van der Waals surface area contributed by atoms with Gasteiger partial charge in [0.05, 0.1) is 5.56 Å². The first-order valence-electron chi connectivity index (χ1n) is 8.73. The van der Waals surface area contributed by atoms with Crippen molar-refractivity contribution in [2.75, 3.05) is 0 Å². The largest absolute Gasteiger partial charge is 0.244 e. The van der Waals surface area contributed by atoms with E-state index >= 15 is 0 Å². The number of benzene rings is 3. The van der Waals surface area contributed by atoms with Crippen LogP contribution in [0.15, 0.2) is 89.9 Å². The molecule has 0 unspecified atom stereocenters. The molecule has 0 saturated carbocycles. The summed E-state index contributed by atoms with van der Waals surface area (Å²) in [6.45, 7) is 0. The van der Waals surface area contributed by atoms with Crippen LogP contribution in [0.2, 0.25) is 0 Å². The van der Waals surface area contributed by atoms with Gasteiger partial charge in [0.25, 0.3) is 0 Å². The van der Waals surface area contributed by atoms with Crippen molar-refractivity contribution in [2.24, 2.45) is 4.99 Å². The van der Waals surface area contributed by atoms with Gasteiger partial charge < -0.3 is 0 Å². The topological polar surface area (TPSA) is 36.1 Å². The highest BCUT2D eigenvalue weighted by molar-refractivity contribution is 7.20. The van der Waals surface area contributed by atoms with Crippen LogP contribution in [0.3, 0.4) is 0 Å². The number of halogens is 1. The SMILES string of the molecule is N#Cc1c(N=Cc2ccc(F)cc2)sc(-c2ccccc2)c1-c1ccccc1. The molecule has 4 heteroatoms. The highest BCUT2D eigenvalue weighted by Gasteiger charge is 2.20. The highest BCUT2D eigenvalue weighted by atomic mass is 32.1. The Hall–Kier alpha value is -3.55. The van der Waals surface area contributed by atoms with Crippen LogP contribution in [-0.2, 0) is 0 Å². The summed E-state index contributed by atoms with van der Waals surface area (Å²) >= 11 is 1.49. The molecule has 0 aliphatic carbocycles. The van der Waals surface area contributed by atoms with E-state index in [-0.39, 0.29) is 5.82 Å². The Bertz CT molecular complexity index is 1160. The molecule has 134 valence electrons. The van der Waals surface area contributed by atoms with Gasteiger partial charge in [0.2, 0.25) is 0 Å². The van der Waals surface area contributed by atoms with E-state index in [9.17, 15) is 9.65 Å². The lowest BCUT2D eigenvalue weighted by Gasteiger charge is -2.05. The van der Waals surface area contributed by atoms with Crippen molar-refractivity contribution in [3.63, 3.8) is 0 Å². The van der Waals surface area contributed by atoms with E-state index < -0.39 is 0 Å². The van der Waals surface area contributed by atoms with Crippen LogP contribution < -0.4 is 0 Å². The Morgan fingerprint density at radius 2 is 1.43 bits per heavy atom. The van der Waals surface area contributed by atoms with Gasteiger partial charge in [-0.2, -0.15) is 5.26 Å². The van der Waals surface area contributed by atoms with Crippen molar-refractivity contribution < 1.29 is 4.39 Å². The molecule has 0 radical (unpaired) electrons. The summed E-state index contributed by atoms with van der Waals surface area (Å²) in [7, 11) is 0. The molecule has 0 fully saturated rings. The molecule has 0 N–H and O–H groups in total. The minimum absolute atomic E-state index is 0.288. The van der Waals surface area contributed by atoms with Crippen LogP contribution in [0.4, 0.5) is 9.39 Å². The zero-order valence-electron chi connectivity index (χ0n) is 14.8. The summed E-state index contributed by atoms with van der Waals surface area (Å²) in [6.07, 6.45) is 1.66. The molecular formula is C24H15FN2S. The fourth-order valence-electron chi connectivity index (χ4n) is 2.97. The van der Waals surface area contributed by atoms with Crippen molar-refractivity contribution in [2.45, 2.75) is 0 Å². The van der Waals surface area contributed by atoms with Gasteiger partial charge in [0.1, 0.15) is 16.9 Å². The molecule has 0 aliphatic heterocycles. The van der Waals surface area contributed by atoms with Gasteiger partial charge in [-0.25, -0.2) is 9.38 Å². The van der Waals surface area contributed by atoms with E-state index in [0.717, 1.165) is 27.1 Å². The lowest BCUT2D eigenvalue weighted by atomic mass is 9.99. The maximum Gasteiger partial charge on any atom is 0.135 e. The fourth-order valence-corrected chi connectivity index (χ4v) is 4.09. The number of nitrogens with zero attached hydrogens (tertiary/aromatic N) is 2. The quantitative estimate of drug-likeness (QED) is 0.356. The first kappa shape index (κ1) is 17.8. The molecule has 2 nitrogen and oxygen atoms in total. The third kappa shape index (κ3) is 3.62. The molecule has 3 aromatic carbocycles. The van der Waals surface area contributed by atoms with Crippen LogP contribution in [0.5, 0.6) is 0 Å². The van der Waals surface area contributed by atoms with Crippen LogP contribution in [0.25, 0.3) is 21.6 Å². The van der Waals surface area contributed by atoms with E-state index in [1.165, 1.54) is 23.5 Å². The van der Waals surface area contributed by atoms with Gasteiger partial charge in [-0.3, -0.25) is 0 Å². The molecule has 4 rings (SSSR count). The second kappa shape index (κ2) is 7.99. The summed E-state index contributed by atoms with van der Waals surface area (Å²) in [5.41, 5.74) is 4.25. The van der Waals surface area contributed by atoms with Crippen LogP contribution in [-0.4, -0.2) is 6.21 Å². The van der Waals surface area contributed by atoms with Gasteiger partial charge in [-0.05, 0) is 28.8 Å². The Morgan fingerprint density at radius 1 is 0.821 bits per heavy atom. The Balaban J connectivity index is 1.87. The first-order valence-corrected chi connectivity index (χ1v) is 9.55. The number of rotatable bonds is 4. The second-order valence-electron chi connectivity index (χ2n) is 6.14. The van der Waals surface area contributed by atoms with Gasteiger partial charge in [0.15, 0.2) is 0 Å². The molecular weight excluding hydrogens is 367 g/mol. The van der Waals surface area contributed by atoms with Crippen molar-refractivity contribution >= 4 is 22.6 Å². The summed E-state index contributed by atoms with van der Waals surface area (Å²) in [5.74, 6) is -0.288. The highest BCUT2D eigenvalue weighted by Crippen LogP contribution is 2.46. The summed E-state index contributed by atoms with van der Waals surface area (Å²) < 4.78 is 13.1. The van der Waals surface area contributed by atoms with E-state index in [2.05, 4.69) is 11.1 Å². The van der Waals surface area contributed by atoms with Crippen LogP contribution in [0, 0.1) is 17.1 Å². The number of aliphatic imine (C=N–C) groups is 1. The van der Waals surface area contributed by atoms with Gasteiger partial charge in [-0.1, -0.05) is 72.8 Å². The maximum atomic E-state index is 13.1. The molecule has 28 heavy (non-hydrogen) atoms. The smallest absolute Gasteiger partial charge is 0.135 e. The number of hydrogen-bond acceptors (Lipinski definition) is 3. The van der Waals surface area contributed by atoms with Gasteiger partial charge >= 0.3 is 0 Å². The monoisotopic (exact) mass is 382 g/mol. The number of hydrogen-bond donors (Lipinski definition) is 0. The number of nitriles is 1. The third-order valence-electron chi connectivity index (χ3n) is 4.30. The summed E-state index contributed by atoms with van der Waals surface area (Å²) in [4.78, 5) is 5.57. The molecule has 0 aliphatic rings. The lowest BCUT2D eigenvalue weighted by Crippen LogP contribution is -1.83. The lowest BCUT2D eigenvalue weighted by molar-refractivity contribution is 0.628. The Labute approximate surface area is 166 Å². The maximum absolute atomic E-state index is 13.1. The van der Waals surface area contributed by atoms with Crippen molar-refractivity contribution in [1.82, 2.24) is 0 Å².